The Labute approximate surface area is 140 Å². The van der Waals surface area contributed by atoms with Crippen molar-refractivity contribution in [1.82, 2.24) is 9.88 Å². The lowest BCUT2D eigenvalue weighted by Gasteiger charge is -2.57. The van der Waals surface area contributed by atoms with Gasteiger partial charge in [-0.2, -0.15) is 4.39 Å². The SMILES string of the molecule is Cc1ccccc1CC(=O)N1C2CC1CN(c1ccnc(F)c1)C2. The number of anilines is 1. The van der Waals surface area contributed by atoms with E-state index < -0.39 is 5.95 Å². The van der Waals surface area contributed by atoms with Gasteiger partial charge >= 0.3 is 0 Å². The van der Waals surface area contributed by atoms with Crippen molar-refractivity contribution in [3.05, 3.63) is 59.7 Å². The number of piperidine rings is 1. The average molecular weight is 325 g/mol. The maximum atomic E-state index is 13.3. The first-order chi connectivity index (χ1) is 11.6. The molecule has 2 atom stereocenters. The zero-order valence-electron chi connectivity index (χ0n) is 13.7. The Bertz CT molecular complexity index is 767. The summed E-state index contributed by atoms with van der Waals surface area (Å²) in [5.41, 5.74) is 3.11. The highest BCUT2D eigenvalue weighted by molar-refractivity contribution is 5.81. The van der Waals surface area contributed by atoms with E-state index in [1.165, 1.54) is 12.3 Å². The molecule has 2 bridgehead atoms. The van der Waals surface area contributed by atoms with Crippen LogP contribution in [0.25, 0.3) is 0 Å². The van der Waals surface area contributed by atoms with Crippen LogP contribution in [-0.4, -0.2) is 41.0 Å². The molecule has 0 aliphatic carbocycles. The predicted molar refractivity (Wildman–Crippen MR) is 90.3 cm³/mol. The molecule has 5 heteroatoms. The Kier molecular flexibility index (Phi) is 3.71. The van der Waals surface area contributed by atoms with Crippen molar-refractivity contribution >= 4 is 11.6 Å². The first kappa shape index (κ1) is 15.1. The van der Waals surface area contributed by atoms with Crippen LogP contribution >= 0.6 is 0 Å². The number of amides is 1. The van der Waals surface area contributed by atoms with Gasteiger partial charge in [-0.05, 0) is 30.5 Å². The molecule has 4 heterocycles. The maximum absolute atomic E-state index is 13.3. The molecular formula is C19H20FN3O. The lowest BCUT2D eigenvalue weighted by molar-refractivity contribution is -0.145. The number of aromatic nitrogens is 1. The molecule has 0 spiro atoms. The van der Waals surface area contributed by atoms with Gasteiger partial charge in [0.15, 0.2) is 0 Å². The van der Waals surface area contributed by atoms with Crippen LogP contribution in [0.3, 0.4) is 0 Å². The summed E-state index contributed by atoms with van der Waals surface area (Å²) in [5.74, 6) is -0.259. The van der Waals surface area contributed by atoms with Crippen LogP contribution in [0.15, 0.2) is 42.6 Å². The van der Waals surface area contributed by atoms with E-state index >= 15 is 0 Å². The number of carbonyl (C=O) groups is 1. The van der Waals surface area contributed by atoms with Crippen molar-refractivity contribution in [2.45, 2.75) is 31.8 Å². The van der Waals surface area contributed by atoms with E-state index in [9.17, 15) is 9.18 Å². The molecule has 3 aliphatic rings. The Morgan fingerprint density at radius 3 is 2.71 bits per heavy atom. The van der Waals surface area contributed by atoms with Gasteiger partial charge in [-0.1, -0.05) is 24.3 Å². The monoisotopic (exact) mass is 325 g/mol. The molecule has 3 fully saturated rings. The molecule has 0 radical (unpaired) electrons. The van der Waals surface area contributed by atoms with Crippen LogP contribution in [0.5, 0.6) is 0 Å². The summed E-state index contributed by atoms with van der Waals surface area (Å²) >= 11 is 0. The normalized spacial score (nSPS) is 22.2. The number of carbonyl (C=O) groups excluding carboxylic acids is 1. The molecule has 3 saturated heterocycles. The van der Waals surface area contributed by atoms with Crippen LogP contribution in [0.1, 0.15) is 17.5 Å². The Balaban J connectivity index is 1.44. The Morgan fingerprint density at radius 2 is 2.00 bits per heavy atom. The number of rotatable bonds is 3. The number of fused-ring (bicyclic) bond motifs is 2. The molecule has 0 saturated carbocycles. The molecule has 2 aromatic rings. The second-order valence-electron chi connectivity index (χ2n) is 6.69. The maximum Gasteiger partial charge on any atom is 0.227 e. The van der Waals surface area contributed by atoms with E-state index in [1.807, 2.05) is 42.2 Å². The zero-order valence-corrected chi connectivity index (χ0v) is 13.7. The molecule has 0 N–H and O–H groups in total. The van der Waals surface area contributed by atoms with E-state index in [4.69, 9.17) is 0 Å². The van der Waals surface area contributed by atoms with Crippen LogP contribution in [0, 0.1) is 12.9 Å². The summed E-state index contributed by atoms with van der Waals surface area (Å²) in [7, 11) is 0. The largest absolute Gasteiger partial charge is 0.367 e. The molecule has 1 aromatic heterocycles. The standard InChI is InChI=1S/C19H20FN3O/c1-13-4-2-3-5-14(13)8-19(24)23-16-9-17(23)12-22(11-16)15-6-7-21-18(20)10-15/h2-7,10,16-17H,8-9,11-12H2,1H3. The third-order valence-corrected chi connectivity index (χ3v) is 5.16. The van der Waals surface area contributed by atoms with Crippen LogP contribution in [0.4, 0.5) is 10.1 Å². The topological polar surface area (TPSA) is 36.4 Å². The van der Waals surface area contributed by atoms with Gasteiger partial charge in [0, 0.05) is 31.0 Å². The first-order valence-electron chi connectivity index (χ1n) is 8.34. The minimum Gasteiger partial charge on any atom is -0.367 e. The fourth-order valence-electron chi connectivity index (χ4n) is 3.88. The van der Waals surface area contributed by atoms with Gasteiger partial charge in [0.2, 0.25) is 11.9 Å². The number of piperazine rings is 1. The van der Waals surface area contributed by atoms with Gasteiger partial charge < -0.3 is 9.80 Å². The van der Waals surface area contributed by atoms with Crippen molar-refractivity contribution in [1.29, 1.82) is 0 Å². The zero-order chi connectivity index (χ0) is 16.7. The molecule has 3 aliphatic heterocycles. The Hall–Kier alpha value is -2.43. The first-order valence-corrected chi connectivity index (χ1v) is 8.34. The second kappa shape index (κ2) is 5.89. The van der Waals surface area contributed by atoms with Crippen molar-refractivity contribution in [2.24, 2.45) is 0 Å². The van der Waals surface area contributed by atoms with Crippen molar-refractivity contribution in [3.63, 3.8) is 0 Å². The van der Waals surface area contributed by atoms with Crippen LogP contribution in [-0.2, 0) is 11.2 Å². The smallest absolute Gasteiger partial charge is 0.227 e. The molecule has 2 unspecified atom stereocenters. The summed E-state index contributed by atoms with van der Waals surface area (Å²) in [6.07, 6.45) is 3.00. The Morgan fingerprint density at radius 1 is 1.25 bits per heavy atom. The highest BCUT2D eigenvalue weighted by atomic mass is 19.1. The summed E-state index contributed by atoms with van der Waals surface area (Å²) < 4.78 is 13.3. The average Bonchev–Trinajstić information content (AvgIpc) is 2.57. The van der Waals surface area contributed by atoms with Gasteiger partial charge in [0.05, 0.1) is 18.5 Å². The van der Waals surface area contributed by atoms with Crippen molar-refractivity contribution < 1.29 is 9.18 Å². The number of hydrogen-bond acceptors (Lipinski definition) is 3. The number of aryl methyl sites for hydroxylation is 1. The van der Waals surface area contributed by atoms with Gasteiger partial charge in [-0.15, -0.1) is 0 Å². The van der Waals surface area contributed by atoms with E-state index in [0.29, 0.717) is 6.42 Å². The summed E-state index contributed by atoms with van der Waals surface area (Å²) in [6.45, 7) is 3.57. The van der Waals surface area contributed by atoms with Crippen LogP contribution < -0.4 is 4.90 Å². The van der Waals surface area contributed by atoms with E-state index in [-0.39, 0.29) is 18.0 Å². The number of nitrogens with zero attached hydrogens (tertiary/aromatic N) is 3. The van der Waals surface area contributed by atoms with E-state index in [0.717, 1.165) is 36.3 Å². The quantitative estimate of drug-likeness (QED) is 0.814. The highest BCUT2D eigenvalue weighted by Crippen LogP contribution is 2.35. The fourth-order valence-corrected chi connectivity index (χ4v) is 3.88. The second-order valence-corrected chi connectivity index (χ2v) is 6.69. The van der Waals surface area contributed by atoms with Crippen molar-refractivity contribution in [2.75, 3.05) is 18.0 Å². The number of hydrogen-bond donors (Lipinski definition) is 0. The third kappa shape index (κ3) is 2.64. The van der Waals surface area contributed by atoms with Gasteiger partial charge in [-0.3, -0.25) is 4.79 Å². The summed E-state index contributed by atoms with van der Waals surface area (Å²) in [4.78, 5) is 20.5. The van der Waals surface area contributed by atoms with E-state index in [1.54, 1.807) is 0 Å². The van der Waals surface area contributed by atoms with Gasteiger partial charge in [-0.25, -0.2) is 4.98 Å². The molecule has 124 valence electrons. The van der Waals surface area contributed by atoms with Crippen molar-refractivity contribution in [3.8, 4) is 0 Å². The summed E-state index contributed by atoms with van der Waals surface area (Å²) in [6, 6.07) is 11.8. The van der Waals surface area contributed by atoms with Gasteiger partial charge in [0.25, 0.3) is 0 Å². The van der Waals surface area contributed by atoms with Crippen LogP contribution in [0.2, 0.25) is 0 Å². The molecule has 24 heavy (non-hydrogen) atoms. The highest BCUT2D eigenvalue weighted by Gasteiger charge is 2.47. The number of benzene rings is 1. The predicted octanol–water partition coefficient (Wildman–Crippen LogP) is 2.56. The minimum absolute atomic E-state index is 0.200. The molecular weight excluding hydrogens is 305 g/mol. The molecule has 5 rings (SSSR count). The van der Waals surface area contributed by atoms with E-state index in [2.05, 4.69) is 9.88 Å². The van der Waals surface area contributed by atoms with Gasteiger partial charge in [0.1, 0.15) is 0 Å². The molecule has 1 amide bonds. The third-order valence-electron chi connectivity index (χ3n) is 5.16. The fraction of sp³-hybridized carbons (Fsp3) is 0.368. The molecule has 1 aromatic carbocycles. The summed E-state index contributed by atoms with van der Waals surface area (Å²) in [5, 5.41) is 0. The lowest BCUT2D eigenvalue weighted by Crippen LogP contribution is -2.70. The number of halogens is 1. The minimum atomic E-state index is -0.459. The lowest BCUT2D eigenvalue weighted by atomic mass is 9.86. The molecule has 4 nitrogen and oxygen atoms in total. The number of pyridine rings is 1.